The highest BCUT2D eigenvalue weighted by atomic mass is 79.9. The van der Waals surface area contributed by atoms with Gasteiger partial charge < -0.3 is 31.5 Å². The number of benzene rings is 1. The smallest absolute Gasteiger partial charge is 0.317 e. The molecule has 2 bridgehead atoms. The van der Waals surface area contributed by atoms with Crippen LogP contribution in [0.25, 0.3) is 0 Å². The third kappa shape index (κ3) is 5.65. The van der Waals surface area contributed by atoms with Gasteiger partial charge in [-0.25, -0.2) is 4.98 Å². The average Bonchev–Trinajstić information content (AvgIpc) is 3.12. The zero-order valence-electron chi connectivity index (χ0n) is 21.1. The maximum atomic E-state index is 13.9. The lowest BCUT2D eigenvalue weighted by atomic mass is 9.74. The van der Waals surface area contributed by atoms with Gasteiger partial charge in [-0.15, -0.1) is 0 Å². The number of rotatable bonds is 6. The SMILES string of the molecule is Cc1cncc(NC(=O)C[N+]23CCC(CC2)C(OC(=O)C2(c4ccccc4)CCCCCC2)C3)n1.[Br-]. The Morgan fingerprint density at radius 1 is 1.06 bits per heavy atom. The molecule has 1 atom stereocenters. The molecule has 8 heteroatoms. The lowest BCUT2D eigenvalue weighted by Crippen LogP contribution is -3.00. The predicted molar refractivity (Wildman–Crippen MR) is 134 cm³/mol. The molecule has 6 rings (SSSR count). The number of halogens is 1. The highest BCUT2D eigenvalue weighted by Crippen LogP contribution is 2.42. The number of piperidine rings is 3. The minimum Gasteiger partial charge on any atom is -1.00 e. The monoisotopic (exact) mass is 556 g/mol. The fourth-order valence-electron chi connectivity index (χ4n) is 6.54. The van der Waals surface area contributed by atoms with Crippen LogP contribution in [0, 0.1) is 12.8 Å². The van der Waals surface area contributed by atoms with Crippen LogP contribution in [0.5, 0.6) is 0 Å². The van der Waals surface area contributed by atoms with E-state index in [1.54, 1.807) is 12.4 Å². The van der Waals surface area contributed by atoms with Crippen molar-refractivity contribution in [1.29, 1.82) is 0 Å². The Morgan fingerprint density at radius 2 is 1.75 bits per heavy atom. The van der Waals surface area contributed by atoms with Crippen LogP contribution in [0.3, 0.4) is 0 Å². The van der Waals surface area contributed by atoms with Crippen LogP contribution in [0.4, 0.5) is 5.82 Å². The summed E-state index contributed by atoms with van der Waals surface area (Å²) in [5.41, 5.74) is 1.32. The largest absolute Gasteiger partial charge is 1.00 e. The van der Waals surface area contributed by atoms with Crippen LogP contribution < -0.4 is 22.3 Å². The van der Waals surface area contributed by atoms with E-state index in [0.29, 0.717) is 29.3 Å². The lowest BCUT2D eigenvalue weighted by molar-refractivity contribution is -0.939. The number of aromatic nitrogens is 2. The number of hydrogen-bond acceptors (Lipinski definition) is 5. The summed E-state index contributed by atoms with van der Waals surface area (Å²) < 4.78 is 7.09. The summed E-state index contributed by atoms with van der Waals surface area (Å²) >= 11 is 0. The summed E-state index contributed by atoms with van der Waals surface area (Å²) in [6, 6.07) is 10.3. The summed E-state index contributed by atoms with van der Waals surface area (Å²) in [4.78, 5) is 35.3. The van der Waals surface area contributed by atoms with Crippen molar-refractivity contribution < 1.29 is 35.8 Å². The first kappa shape index (κ1) is 26.7. The van der Waals surface area contributed by atoms with Crippen molar-refractivity contribution in [3.63, 3.8) is 0 Å². The highest BCUT2D eigenvalue weighted by Gasteiger charge is 2.51. The third-order valence-electron chi connectivity index (χ3n) is 8.48. The topological polar surface area (TPSA) is 81.2 Å². The summed E-state index contributed by atoms with van der Waals surface area (Å²) in [5, 5.41) is 2.91. The molecule has 194 valence electrons. The molecule has 2 aromatic rings. The van der Waals surface area contributed by atoms with Crippen LogP contribution in [0.15, 0.2) is 42.7 Å². The number of hydrogen-bond donors (Lipinski definition) is 1. The first-order valence-electron chi connectivity index (χ1n) is 13.2. The number of carbonyl (C=O) groups excluding carboxylic acids is 2. The summed E-state index contributed by atoms with van der Waals surface area (Å²) in [5.74, 6) is 0.770. The van der Waals surface area contributed by atoms with Crippen molar-refractivity contribution in [1.82, 2.24) is 9.97 Å². The molecule has 1 aromatic carbocycles. The molecule has 3 saturated heterocycles. The molecule has 1 amide bonds. The van der Waals surface area contributed by atoms with Gasteiger partial charge in [0.05, 0.1) is 30.4 Å². The maximum Gasteiger partial charge on any atom is 0.317 e. The van der Waals surface area contributed by atoms with Crippen molar-refractivity contribution in [2.24, 2.45) is 5.92 Å². The van der Waals surface area contributed by atoms with E-state index in [9.17, 15) is 9.59 Å². The summed E-state index contributed by atoms with van der Waals surface area (Å²) in [7, 11) is 0. The van der Waals surface area contributed by atoms with Crippen molar-refractivity contribution in [2.75, 3.05) is 31.5 Å². The van der Waals surface area contributed by atoms with Crippen LogP contribution in [0.2, 0.25) is 0 Å². The Labute approximate surface area is 224 Å². The molecule has 3 aliphatic heterocycles. The number of aryl methyl sites for hydroxylation is 1. The normalized spacial score (nSPS) is 26.8. The minimum atomic E-state index is -0.546. The number of nitrogens with zero attached hydrogens (tertiary/aromatic N) is 3. The van der Waals surface area contributed by atoms with E-state index in [1.165, 1.54) is 12.8 Å². The number of amides is 1. The van der Waals surface area contributed by atoms with Gasteiger partial charge in [-0.05, 0) is 25.3 Å². The van der Waals surface area contributed by atoms with Crippen LogP contribution in [-0.4, -0.2) is 58.6 Å². The molecule has 4 fully saturated rings. The Morgan fingerprint density at radius 3 is 2.42 bits per heavy atom. The van der Waals surface area contributed by atoms with E-state index >= 15 is 0 Å². The molecule has 1 unspecified atom stereocenters. The number of ether oxygens (including phenoxy) is 1. The summed E-state index contributed by atoms with van der Waals surface area (Å²) in [6.07, 6.45) is 11.3. The predicted octanol–water partition coefficient (Wildman–Crippen LogP) is 1.17. The minimum absolute atomic E-state index is 0. The molecule has 7 nitrogen and oxygen atoms in total. The van der Waals surface area contributed by atoms with Gasteiger partial charge in [0.1, 0.15) is 6.54 Å². The van der Waals surface area contributed by atoms with Gasteiger partial charge in [0.15, 0.2) is 18.5 Å². The molecule has 0 radical (unpaired) electrons. The Balaban J connectivity index is 0.00000304. The number of fused-ring (bicyclic) bond motifs is 3. The molecule has 36 heavy (non-hydrogen) atoms. The van der Waals surface area contributed by atoms with E-state index in [4.69, 9.17) is 4.74 Å². The van der Waals surface area contributed by atoms with Crippen molar-refractivity contribution in [3.05, 3.63) is 54.0 Å². The molecule has 4 aliphatic rings. The zero-order valence-corrected chi connectivity index (χ0v) is 22.7. The van der Waals surface area contributed by atoms with Gasteiger partial charge in [-0.1, -0.05) is 56.0 Å². The van der Waals surface area contributed by atoms with Crippen molar-refractivity contribution in [3.8, 4) is 0 Å². The number of esters is 1. The Kier molecular flexibility index (Phi) is 8.45. The van der Waals surface area contributed by atoms with Gasteiger partial charge in [0.2, 0.25) is 0 Å². The van der Waals surface area contributed by atoms with E-state index in [1.807, 2.05) is 25.1 Å². The lowest BCUT2D eigenvalue weighted by Gasteiger charge is -2.52. The highest BCUT2D eigenvalue weighted by molar-refractivity contribution is 5.90. The fraction of sp³-hybridized carbons (Fsp3) is 0.571. The molecular formula is C28H37BrN4O3. The average molecular weight is 558 g/mol. The molecular weight excluding hydrogens is 520 g/mol. The van der Waals surface area contributed by atoms with Crippen LogP contribution >= 0.6 is 0 Å². The second-order valence-electron chi connectivity index (χ2n) is 10.9. The Hall–Kier alpha value is -2.32. The second-order valence-corrected chi connectivity index (χ2v) is 10.9. The molecule has 1 aliphatic carbocycles. The maximum absolute atomic E-state index is 13.9. The van der Waals surface area contributed by atoms with Gasteiger partial charge in [0, 0.05) is 25.0 Å². The van der Waals surface area contributed by atoms with Gasteiger partial charge in [-0.2, -0.15) is 0 Å². The van der Waals surface area contributed by atoms with Gasteiger partial charge in [-0.3, -0.25) is 14.6 Å². The van der Waals surface area contributed by atoms with Gasteiger partial charge in [0.25, 0.3) is 5.91 Å². The number of quaternary nitrogens is 1. The third-order valence-corrected chi connectivity index (χ3v) is 8.48. The standard InChI is InChI=1S/C28H36N4O3.BrH/c1-21-17-29-18-25(30-21)31-26(33)20-32-15-11-22(12-16-32)24(19-32)35-27(34)28(13-7-2-3-8-14-28)23-9-5-4-6-10-23;/h4-6,9-10,17-18,22,24H,2-3,7-8,11-16,19-20H2,1H3;1H. The molecule has 1 N–H and O–H groups in total. The van der Waals surface area contributed by atoms with Crippen molar-refractivity contribution >= 4 is 17.7 Å². The van der Waals surface area contributed by atoms with E-state index in [2.05, 4.69) is 27.4 Å². The first-order valence-corrected chi connectivity index (χ1v) is 13.2. The molecule has 1 saturated carbocycles. The second kappa shape index (κ2) is 11.4. The van der Waals surface area contributed by atoms with Crippen LogP contribution in [0.1, 0.15) is 62.6 Å². The Bertz CT molecular complexity index is 1050. The molecule has 4 heterocycles. The number of nitrogens with one attached hydrogen (secondary N) is 1. The molecule has 1 aromatic heterocycles. The summed E-state index contributed by atoms with van der Waals surface area (Å²) in [6.45, 7) is 4.86. The quantitative estimate of drug-likeness (QED) is 0.328. The first-order chi connectivity index (χ1) is 17.0. The zero-order chi connectivity index (χ0) is 24.3. The van der Waals surface area contributed by atoms with Crippen molar-refractivity contribution in [2.45, 2.75) is 69.8 Å². The number of carbonyl (C=O) groups is 2. The van der Waals surface area contributed by atoms with Gasteiger partial charge >= 0.3 is 5.97 Å². The van der Waals surface area contributed by atoms with Crippen LogP contribution in [-0.2, 0) is 19.7 Å². The van der Waals surface area contributed by atoms with E-state index < -0.39 is 5.41 Å². The number of anilines is 1. The van der Waals surface area contributed by atoms with E-state index in [0.717, 1.165) is 62.9 Å². The molecule has 0 spiro atoms. The van der Waals surface area contributed by atoms with E-state index in [-0.39, 0.29) is 35.0 Å². The fourth-order valence-corrected chi connectivity index (χ4v) is 6.54.